The summed E-state index contributed by atoms with van der Waals surface area (Å²) in [5.74, 6) is -0.552. The molecule has 0 spiro atoms. The molecule has 2 aromatic carbocycles. The average Bonchev–Trinajstić information content (AvgIpc) is 3.26. The molecule has 0 aliphatic carbocycles. The second kappa shape index (κ2) is 10.2. The van der Waals surface area contributed by atoms with E-state index in [1.165, 1.54) is 18.2 Å². The van der Waals surface area contributed by atoms with Crippen LogP contribution >= 0.6 is 0 Å². The highest BCUT2D eigenvalue weighted by Gasteiger charge is 2.23. The summed E-state index contributed by atoms with van der Waals surface area (Å²) in [5.41, 5.74) is 0.0691. The van der Waals surface area contributed by atoms with Crippen LogP contribution in [0.15, 0.2) is 47.0 Å². The molecule has 180 valence electrons. The molecule has 7 nitrogen and oxygen atoms in total. The van der Waals surface area contributed by atoms with Crippen molar-refractivity contribution in [2.45, 2.75) is 59.7 Å². The van der Waals surface area contributed by atoms with Gasteiger partial charge in [-0.1, -0.05) is 25.9 Å². The fourth-order valence-electron chi connectivity index (χ4n) is 3.14. The van der Waals surface area contributed by atoms with Crippen LogP contribution in [-0.4, -0.2) is 27.5 Å². The molecule has 1 aromatic heterocycles. The number of nitrogens with zero attached hydrogens (tertiary/aromatic N) is 2. The molecule has 1 atom stereocenters. The van der Waals surface area contributed by atoms with Crippen molar-refractivity contribution < 1.29 is 28.0 Å². The summed E-state index contributed by atoms with van der Waals surface area (Å²) < 4.78 is 31.1. The molecule has 3 rings (SSSR count). The number of hydrogen-bond donors (Lipinski definition) is 0. The highest BCUT2D eigenvalue weighted by Crippen LogP contribution is 2.27. The molecule has 34 heavy (non-hydrogen) atoms. The first-order chi connectivity index (χ1) is 16.0. The Bertz CT molecular complexity index is 1160. The van der Waals surface area contributed by atoms with Gasteiger partial charge in [0.15, 0.2) is 11.9 Å². The molecule has 1 heterocycles. The van der Waals surface area contributed by atoms with Crippen LogP contribution in [0.3, 0.4) is 0 Å². The van der Waals surface area contributed by atoms with Gasteiger partial charge in [0.05, 0.1) is 5.56 Å². The third kappa shape index (κ3) is 6.07. The van der Waals surface area contributed by atoms with Crippen LogP contribution in [0.1, 0.15) is 80.7 Å². The highest BCUT2D eigenvalue weighted by molar-refractivity contribution is 5.97. The van der Waals surface area contributed by atoms with E-state index < -0.39 is 23.5 Å². The fourth-order valence-corrected chi connectivity index (χ4v) is 3.14. The summed E-state index contributed by atoms with van der Waals surface area (Å²) in [6.07, 6.45) is 0.0130. The van der Waals surface area contributed by atoms with Crippen molar-refractivity contribution in [1.29, 1.82) is 0 Å². The van der Waals surface area contributed by atoms with Gasteiger partial charge in [-0.25, -0.2) is 9.18 Å². The standard InChI is InChI=1S/C26H29FN2O5/c1-7-21(32-18-11-8-16(9-12-18)22(30)15(2)3)24-28-23(29-34-24)17-10-13-19(20(27)14-17)25(31)33-26(4,5)6/h8-15,21H,7H2,1-6H3/t21-/m1/s1. The number of rotatable bonds is 8. The van der Waals surface area contributed by atoms with E-state index in [1.807, 2.05) is 20.8 Å². The average molecular weight is 469 g/mol. The Morgan fingerprint density at radius 1 is 1.09 bits per heavy atom. The number of ether oxygens (including phenoxy) is 2. The molecule has 0 N–H and O–H groups in total. The zero-order chi connectivity index (χ0) is 25.0. The molecule has 8 heteroatoms. The topological polar surface area (TPSA) is 91.5 Å². The summed E-state index contributed by atoms with van der Waals surface area (Å²) in [4.78, 5) is 28.6. The summed E-state index contributed by atoms with van der Waals surface area (Å²) in [6.45, 7) is 10.7. The van der Waals surface area contributed by atoms with Crippen molar-refractivity contribution in [3.8, 4) is 17.1 Å². The molecule has 0 radical (unpaired) electrons. The molecule has 0 unspecified atom stereocenters. The van der Waals surface area contributed by atoms with E-state index in [1.54, 1.807) is 45.0 Å². The van der Waals surface area contributed by atoms with Crippen molar-refractivity contribution in [3.63, 3.8) is 0 Å². The van der Waals surface area contributed by atoms with Crippen molar-refractivity contribution in [2.24, 2.45) is 5.92 Å². The van der Waals surface area contributed by atoms with Crippen molar-refractivity contribution >= 4 is 11.8 Å². The lowest BCUT2D eigenvalue weighted by Gasteiger charge is -2.19. The molecule has 0 saturated carbocycles. The second-order valence-corrected chi connectivity index (χ2v) is 9.21. The molecule has 3 aromatic rings. The van der Waals surface area contributed by atoms with Gasteiger partial charge in [0.2, 0.25) is 5.82 Å². The van der Waals surface area contributed by atoms with Gasteiger partial charge in [0, 0.05) is 17.0 Å². The number of carbonyl (C=O) groups excluding carboxylic acids is 2. The maximum Gasteiger partial charge on any atom is 0.341 e. The summed E-state index contributed by atoms with van der Waals surface area (Å²) in [5, 5.41) is 3.94. The lowest BCUT2D eigenvalue weighted by molar-refractivity contribution is 0.00646. The van der Waals surface area contributed by atoms with Gasteiger partial charge in [-0.15, -0.1) is 0 Å². The molecular formula is C26H29FN2O5. The van der Waals surface area contributed by atoms with E-state index in [0.717, 1.165) is 0 Å². The zero-order valence-electron chi connectivity index (χ0n) is 20.2. The van der Waals surface area contributed by atoms with Crippen LogP contribution in [0.2, 0.25) is 0 Å². The Morgan fingerprint density at radius 2 is 1.76 bits per heavy atom. The van der Waals surface area contributed by atoms with E-state index in [0.29, 0.717) is 23.3 Å². The zero-order valence-corrected chi connectivity index (χ0v) is 20.2. The SMILES string of the molecule is CC[C@@H](Oc1ccc(C(=O)C(C)C)cc1)c1nc(-c2ccc(C(=O)OC(C)(C)C)c(F)c2)no1. The minimum absolute atomic E-state index is 0.0602. The number of benzene rings is 2. The third-order valence-electron chi connectivity index (χ3n) is 4.88. The molecule has 0 bridgehead atoms. The molecule has 0 amide bonds. The quantitative estimate of drug-likeness (QED) is 0.287. The Kier molecular flexibility index (Phi) is 7.49. The van der Waals surface area contributed by atoms with E-state index in [-0.39, 0.29) is 29.0 Å². The van der Waals surface area contributed by atoms with Gasteiger partial charge < -0.3 is 14.0 Å². The molecular weight excluding hydrogens is 439 g/mol. The summed E-state index contributed by atoms with van der Waals surface area (Å²) >= 11 is 0. The number of carbonyl (C=O) groups is 2. The van der Waals surface area contributed by atoms with Crippen LogP contribution in [0, 0.1) is 11.7 Å². The maximum atomic E-state index is 14.6. The molecule has 0 aliphatic heterocycles. The fraction of sp³-hybridized carbons (Fsp3) is 0.385. The Labute approximate surface area is 198 Å². The van der Waals surface area contributed by atoms with E-state index in [2.05, 4.69) is 10.1 Å². The predicted octanol–water partition coefficient (Wildman–Crippen LogP) is 6.20. The smallest absolute Gasteiger partial charge is 0.341 e. The first kappa shape index (κ1) is 25.1. The minimum Gasteiger partial charge on any atom is -0.481 e. The van der Waals surface area contributed by atoms with Gasteiger partial charge in [0.1, 0.15) is 17.2 Å². The van der Waals surface area contributed by atoms with E-state index >= 15 is 0 Å². The first-order valence-electron chi connectivity index (χ1n) is 11.2. The van der Waals surface area contributed by atoms with Crippen molar-refractivity contribution in [2.75, 3.05) is 0 Å². The van der Waals surface area contributed by atoms with Gasteiger partial charge >= 0.3 is 5.97 Å². The number of halogens is 1. The van der Waals surface area contributed by atoms with Crippen LogP contribution in [-0.2, 0) is 4.74 Å². The Hall–Kier alpha value is -3.55. The monoisotopic (exact) mass is 468 g/mol. The van der Waals surface area contributed by atoms with Crippen LogP contribution < -0.4 is 4.74 Å². The second-order valence-electron chi connectivity index (χ2n) is 9.21. The van der Waals surface area contributed by atoms with E-state index in [9.17, 15) is 14.0 Å². The lowest BCUT2D eigenvalue weighted by atomic mass is 10.0. The molecule has 0 fully saturated rings. The van der Waals surface area contributed by atoms with Crippen molar-refractivity contribution in [3.05, 3.63) is 65.3 Å². The van der Waals surface area contributed by atoms with Crippen LogP contribution in [0.25, 0.3) is 11.4 Å². The molecule has 0 saturated heterocycles. The number of aromatic nitrogens is 2. The summed E-state index contributed by atoms with van der Waals surface area (Å²) in [6, 6.07) is 10.9. The lowest BCUT2D eigenvalue weighted by Crippen LogP contribution is -2.24. The third-order valence-corrected chi connectivity index (χ3v) is 4.88. The number of ketones is 1. The van der Waals surface area contributed by atoms with Crippen molar-refractivity contribution in [1.82, 2.24) is 10.1 Å². The maximum absolute atomic E-state index is 14.6. The van der Waals surface area contributed by atoms with Gasteiger partial charge in [-0.05, 0) is 69.7 Å². The Morgan fingerprint density at radius 3 is 2.32 bits per heavy atom. The van der Waals surface area contributed by atoms with E-state index in [4.69, 9.17) is 14.0 Å². The normalized spacial score (nSPS) is 12.5. The Balaban J connectivity index is 1.75. The highest BCUT2D eigenvalue weighted by atomic mass is 19.1. The van der Waals surface area contributed by atoms with Gasteiger partial charge in [-0.2, -0.15) is 4.98 Å². The minimum atomic E-state index is -0.745. The van der Waals surface area contributed by atoms with Crippen LogP contribution in [0.4, 0.5) is 4.39 Å². The molecule has 0 aliphatic rings. The number of hydrogen-bond acceptors (Lipinski definition) is 7. The van der Waals surface area contributed by atoms with Gasteiger partial charge in [-0.3, -0.25) is 4.79 Å². The van der Waals surface area contributed by atoms with Crippen LogP contribution in [0.5, 0.6) is 5.75 Å². The predicted molar refractivity (Wildman–Crippen MR) is 124 cm³/mol. The number of esters is 1. The van der Waals surface area contributed by atoms with Gasteiger partial charge in [0.25, 0.3) is 5.89 Å². The summed E-state index contributed by atoms with van der Waals surface area (Å²) in [7, 11) is 0. The number of Topliss-reactive ketones (excluding diaryl/α,β-unsaturated/α-hetero) is 1. The largest absolute Gasteiger partial charge is 0.481 e. The first-order valence-corrected chi connectivity index (χ1v) is 11.2.